The van der Waals surface area contributed by atoms with Gasteiger partial charge in [0, 0.05) is 23.5 Å². The van der Waals surface area contributed by atoms with Crippen LogP contribution in [-0.2, 0) is 11.8 Å². The molecule has 106 valence electrons. The van der Waals surface area contributed by atoms with Gasteiger partial charge in [-0.05, 0) is 24.5 Å². The van der Waals surface area contributed by atoms with Gasteiger partial charge in [-0.15, -0.1) is 0 Å². The third kappa shape index (κ3) is 2.33. The Hall–Kier alpha value is -1.42. The Morgan fingerprint density at radius 3 is 2.70 bits per heavy atom. The van der Waals surface area contributed by atoms with Gasteiger partial charge in [-0.3, -0.25) is 0 Å². The normalized spacial score (nSPS) is 19.0. The summed E-state index contributed by atoms with van der Waals surface area (Å²) in [5.74, 6) is 0.948. The van der Waals surface area contributed by atoms with Gasteiger partial charge in [-0.25, -0.2) is 4.98 Å². The first-order chi connectivity index (χ1) is 9.47. The summed E-state index contributed by atoms with van der Waals surface area (Å²) < 4.78 is 4.54. The standard InChI is InChI=1S/C16H21N3S/c1-11-13-8-6-5-7-12(13)9-10-19(11)15-17-14(18-20-15)16(2,3)4/h5-8,11H,9-10H2,1-4H3. The van der Waals surface area contributed by atoms with E-state index in [1.54, 1.807) is 0 Å². The average molecular weight is 287 g/mol. The molecule has 0 saturated carbocycles. The van der Waals surface area contributed by atoms with E-state index in [-0.39, 0.29) is 5.41 Å². The Bertz CT molecular complexity index is 612. The largest absolute Gasteiger partial charge is 0.340 e. The van der Waals surface area contributed by atoms with Gasteiger partial charge in [0.05, 0.1) is 6.04 Å². The van der Waals surface area contributed by atoms with Gasteiger partial charge in [-0.1, -0.05) is 45.0 Å². The van der Waals surface area contributed by atoms with E-state index in [1.165, 1.54) is 22.7 Å². The molecule has 1 aromatic heterocycles. The monoisotopic (exact) mass is 287 g/mol. The molecule has 0 radical (unpaired) electrons. The molecule has 0 N–H and O–H groups in total. The number of nitrogens with zero attached hydrogens (tertiary/aromatic N) is 3. The molecule has 1 aliphatic heterocycles. The van der Waals surface area contributed by atoms with Crippen molar-refractivity contribution >= 4 is 16.7 Å². The molecule has 0 aliphatic carbocycles. The van der Waals surface area contributed by atoms with Crippen LogP contribution < -0.4 is 4.90 Å². The van der Waals surface area contributed by atoms with Crippen molar-refractivity contribution in [3.05, 3.63) is 41.2 Å². The van der Waals surface area contributed by atoms with Crippen LogP contribution in [0.1, 0.15) is 50.7 Å². The van der Waals surface area contributed by atoms with Crippen molar-refractivity contribution in [1.29, 1.82) is 0 Å². The lowest BCUT2D eigenvalue weighted by Gasteiger charge is -2.34. The molecular weight excluding hydrogens is 266 g/mol. The minimum atomic E-state index is 0.0195. The van der Waals surface area contributed by atoms with E-state index in [9.17, 15) is 0 Å². The maximum absolute atomic E-state index is 4.76. The number of aromatic nitrogens is 2. The van der Waals surface area contributed by atoms with Crippen LogP contribution in [-0.4, -0.2) is 15.9 Å². The zero-order valence-electron chi connectivity index (χ0n) is 12.6. The Morgan fingerprint density at radius 1 is 1.25 bits per heavy atom. The van der Waals surface area contributed by atoms with Crippen LogP contribution in [0.4, 0.5) is 5.13 Å². The first kappa shape index (κ1) is 13.6. The molecule has 0 spiro atoms. The van der Waals surface area contributed by atoms with E-state index >= 15 is 0 Å². The molecule has 2 aromatic rings. The second-order valence-electron chi connectivity index (χ2n) is 6.47. The van der Waals surface area contributed by atoms with Crippen LogP contribution in [0.25, 0.3) is 0 Å². The molecule has 1 aromatic carbocycles. The number of fused-ring (bicyclic) bond motifs is 1. The fourth-order valence-electron chi connectivity index (χ4n) is 2.67. The molecule has 0 saturated heterocycles. The van der Waals surface area contributed by atoms with Crippen LogP contribution >= 0.6 is 11.5 Å². The maximum atomic E-state index is 4.76. The highest BCUT2D eigenvalue weighted by atomic mass is 32.1. The van der Waals surface area contributed by atoms with Crippen molar-refractivity contribution in [3.63, 3.8) is 0 Å². The quantitative estimate of drug-likeness (QED) is 0.795. The van der Waals surface area contributed by atoms with Gasteiger partial charge in [0.15, 0.2) is 0 Å². The molecule has 0 amide bonds. The summed E-state index contributed by atoms with van der Waals surface area (Å²) in [6.07, 6.45) is 1.09. The van der Waals surface area contributed by atoms with Gasteiger partial charge in [0.25, 0.3) is 0 Å². The number of benzene rings is 1. The molecule has 4 heteroatoms. The Balaban J connectivity index is 1.91. The summed E-state index contributed by atoms with van der Waals surface area (Å²) in [6.45, 7) is 9.77. The number of hydrogen-bond donors (Lipinski definition) is 0. The van der Waals surface area contributed by atoms with Crippen molar-refractivity contribution in [2.24, 2.45) is 0 Å². The SMILES string of the molecule is CC1c2ccccc2CCN1c1nc(C(C)(C)C)ns1. The van der Waals surface area contributed by atoms with E-state index in [4.69, 9.17) is 4.98 Å². The molecular formula is C16H21N3S. The summed E-state index contributed by atoms with van der Waals surface area (Å²) >= 11 is 1.53. The second kappa shape index (κ2) is 4.85. The minimum absolute atomic E-state index is 0.0195. The van der Waals surface area contributed by atoms with E-state index < -0.39 is 0 Å². The van der Waals surface area contributed by atoms with Crippen LogP contribution in [0.2, 0.25) is 0 Å². The predicted octanol–water partition coefficient (Wildman–Crippen LogP) is 3.96. The van der Waals surface area contributed by atoms with Crippen molar-refractivity contribution in [2.75, 3.05) is 11.4 Å². The fraction of sp³-hybridized carbons (Fsp3) is 0.500. The first-order valence-corrected chi connectivity index (χ1v) is 7.93. The summed E-state index contributed by atoms with van der Waals surface area (Å²) in [5, 5.41) is 1.05. The van der Waals surface area contributed by atoms with Crippen LogP contribution in [0.5, 0.6) is 0 Å². The van der Waals surface area contributed by atoms with Crippen molar-refractivity contribution in [3.8, 4) is 0 Å². The van der Waals surface area contributed by atoms with Gasteiger partial charge in [0.2, 0.25) is 5.13 Å². The Labute approximate surface area is 124 Å². The fourth-order valence-corrected chi connectivity index (χ4v) is 3.63. The topological polar surface area (TPSA) is 29.0 Å². The molecule has 3 nitrogen and oxygen atoms in total. The minimum Gasteiger partial charge on any atom is -0.340 e. The highest BCUT2D eigenvalue weighted by Gasteiger charge is 2.28. The summed E-state index contributed by atoms with van der Waals surface area (Å²) in [7, 11) is 0. The Kier molecular flexibility index (Phi) is 3.28. The molecule has 20 heavy (non-hydrogen) atoms. The van der Waals surface area contributed by atoms with Gasteiger partial charge < -0.3 is 4.90 Å². The lowest BCUT2D eigenvalue weighted by molar-refractivity contribution is 0.551. The zero-order valence-corrected chi connectivity index (χ0v) is 13.4. The molecule has 0 bridgehead atoms. The van der Waals surface area contributed by atoms with E-state index in [2.05, 4.69) is 61.2 Å². The van der Waals surface area contributed by atoms with E-state index in [0.29, 0.717) is 6.04 Å². The van der Waals surface area contributed by atoms with Crippen molar-refractivity contribution < 1.29 is 0 Å². The highest BCUT2D eigenvalue weighted by molar-refractivity contribution is 7.09. The summed E-state index contributed by atoms with van der Waals surface area (Å²) in [5.41, 5.74) is 2.91. The van der Waals surface area contributed by atoms with Gasteiger partial charge >= 0.3 is 0 Å². The Morgan fingerprint density at radius 2 is 2.00 bits per heavy atom. The summed E-state index contributed by atoms with van der Waals surface area (Å²) in [6, 6.07) is 9.10. The van der Waals surface area contributed by atoms with Gasteiger partial charge in [-0.2, -0.15) is 4.37 Å². The first-order valence-electron chi connectivity index (χ1n) is 7.15. The molecule has 1 aliphatic rings. The lowest BCUT2D eigenvalue weighted by Crippen LogP contribution is -2.33. The van der Waals surface area contributed by atoms with Crippen LogP contribution in [0.15, 0.2) is 24.3 Å². The van der Waals surface area contributed by atoms with Crippen LogP contribution in [0, 0.1) is 0 Å². The lowest BCUT2D eigenvalue weighted by atomic mass is 9.94. The molecule has 3 rings (SSSR count). The van der Waals surface area contributed by atoms with E-state index in [1.807, 2.05) is 0 Å². The third-order valence-electron chi connectivity index (χ3n) is 3.93. The average Bonchev–Trinajstić information content (AvgIpc) is 2.89. The third-order valence-corrected chi connectivity index (χ3v) is 4.68. The molecule has 2 heterocycles. The maximum Gasteiger partial charge on any atom is 0.205 e. The van der Waals surface area contributed by atoms with Crippen molar-refractivity contribution in [2.45, 2.75) is 45.6 Å². The van der Waals surface area contributed by atoms with E-state index in [0.717, 1.165) is 23.9 Å². The summed E-state index contributed by atoms with van der Waals surface area (Å²) in [4.78, 5) is 7.15. The predicted molar refractivity (Wildman–Crippen MR) is 84.5 cm³/mol. The zero-order chi connectivity index (χ0) is 14.3. The highest BCUT2D eigenvalue weighted by Crippen LogP contribution is 2.35. The number of hydrogen-bond acceptors (Lipinski definition) is 4. The number of anilines is 1. The smallest absolute Gasteiger partial charge is 0.205 e. The van der Waals surface area contributed by atoms with Gasteiger partial charge in [0.1, 0.15) is 5.82 Å². The second-order valence-corrected chi connectivity index (χ2v) is 7.20. The molecule has 0 fully saturated rings. The molecule has 1 atom stereocenters. The molecule has 1 unspecified atom stereocenters. The van der Waals surface area contributed by atoms with Crippen LogP contribution in [0.3, 0.4) is 0 Å². The van der Waals surface area contributed by atoms with Crippen molar-refractivity contribution in [1.82, 2.24) is 9.36 Å². The number of rotatable bonds is 1.